The van der Waals surface area contributed by atoms with Gasteiger partial charge in [0.2, 0.25) is 0 Å². The van der Waals surface area contributed by atoms with Gasteiger partial charge in [-0.05, 0) is 32.9 Å². The first-order chi connectivity index (χ1) is 6.88. The number of hydrogen-bond acceptors (Lipinski definition) is 2. The molecule has 1 rings (SSSR count). The van der Waals surface area contributed by atoms with E-state index in [9.17, 15) is 0 Å². The van der Waals surface area contributed by atoms with Crippen LogP contribution in [-0.4, -0.2) is 37.6 Å². The van der Waals surface area contributed by atoms with E-state index in [0.29, 0.717) is 0 Å². The first-order valence-electron chi connectivity index (χ1n) is 6.27. The Bertz CT molecular complexity index is 130. The van der Waals surface area contributed by atoms with Gasteiger partial charge in [0, 0.05) is 19.1 Å². The van der Waals surface area contributed by atoms with Crippen molar-refractivity contribution in [3.63, 3.8) is 0 Å². The van der Waals surface area contributed by atoms with Crippen molar-refractivity contribution in [2.24, 2.45) is 0 Å². The van der Waals surface area contributed by atoms with Gasteiger partial charge in [-0.15, -0.1) is 0 Å². The Morgan fingerprint density at radius 1 is 1.14 bits per heavy atom. The first-order valence-corrected chi connectivity index (χ1v) is 6.27. The van der Waals surface area contributed by atoms with E-state index in [1.807, 2.05) is 7.05 Å². The molecular weight excluding hydrogens is 172 g/mol. The van der Waals surface area contributed by atoms with Crippen LogP contribution in [0.3, 0.4) is 0 Å². The van der Waals surface area contributed by atoms with E-state index in [0.717, 1.165) is 12.6 Å². The quantitative estimate of drug-likeness (QED) is 0.704. The third-order valence-corrected chi connectivity index (χ3v) is 3.25. The molecule has 1 aliphatic rings. The lowest BCUT2D eigenvalue weighted by atomic mass is 9.94. The molecule has 1 N–H and O–H groups in total. The van der Waals surface area contributed by atoms with Crippen LogP contribution in [-0.2, 0) is 0 Å². The van der Waals surface area contributed by atoms with Gasteiger partial charge in [0.1, 0.15) is 0 Å². The number of nitrogens with one attached hydrogen (secondary N) is 1. The summed E-state index contributed by atoms with van der Waals surface area (Å²) < 4.78 is 0. The maximum absolute atomic E-state index is 3.25. The monoisotopic (exact) mass is 198 g/mol. The molecule has 1 fully saturated rings. The number of nitrogens with zero attached hydrogens (tertiary/aromatic N) is 1. The topological polar surface area (TPSA) is 15.3 Å². The molecule has 2 nitrogen and oxygen atoms in total. The Kier molecular flexibility index (Phi) is 6.20. The minimum atomic E-state index is 0.886. The van der Waals surface area contributed by atoms with Crippen LogP contribution in [0.5, 0.6) is 0 Å². The number of likely N-dealkylation sites (N-methyl/N-ethyl adjacent to an activating group) is 1. The molecule has 0 unspecified atom stereocenters. The lowest BCUT2D eigenvalue weighted by Gasteiger charge is -2.34. The van der Waals surface area contributed by atoms with Gasteiger partial charge in [0.15, 0.2) is 0 Å². The zero-order valence-electron chi connectivity index (χ0n) is 9.89. The molecule has 1 aliphatic carbocycles. The van der Waals surface area contributed by atoms with Crippen LogP contribution in [0.2, 0.25) is 0 Å². The molecule has 0 aromatic heterocycles. The van der Waals surface area contributed by atoms with Gasteiger partial charge in [-0.25, -0.2) is 0 Å². The van der Waals surface area contributed by atoms with Crippen LogP contribution in [0, 0.1) is 0 Å². The van der Waals surface area contributed by atoms with Crippen LogP contribution in [0.15, 0.2) is 0 Å². The van der Waals surface area contributed by atoms with Crippen molar-refractivity contribution in [1.82, 2.24) is 10.2 Å². The van der Waals surface area contributed by atoms with Gasteiger partial charge in [-0.2, -0.15) is 0 Å². The van der Waals surface area contributed by atoms with Gasteiger partial charge in [0.25, 0.3) is 0 Å². The number of hydrogen-bond donors (Lipinski definition) is 1. The molecule has 0 saturated heterocycles. The van der Waals surface area contributed by atoms with E-state index in [2.05, 4.69) is 17.1 Å². The van der Waals surface area contributed by atoms with Crippen molar-refractivity contribution in [1.29, 1.82) is 0 Å². The Balaban J connectivity index is 2.30. The maximum Gasteiger partial charge on any atom is 0.0110 e. The summed E-state index contributed by atoms with van der Waals surface area (Å²) in [5.74, 6) is 0. The molecule has 0 heterocycles. The van der Waals surface area contributed by atoms with E-state index >= 15 is 0 Å². The highest BCUT2D eigenvalue weighted by molar-refractivity contribution is 4.75. The predicted molar refractivity (Wildman–Crippen MR) is 62.7 cm³/mol. The molecule has 0 bridgehead atoms. The van der Waals surface area contributed by atoms with E-state index < -0.39 is 0 Å². The van der Waals surface area contributed by atoms with Crippen molar-refractivity contribution in [2.75, 3.05) is 26.7 Å². The average molecular weight is 198 g/mol. The highest BCUT2D eigenvalue weighted by Gasteiger charge is 2.19. The SMILES string of the molecule is CCCN(CCNC)C1CCCCC1. The van der Waals surface area contributed by atoms with E-state index in [1.165, 1.54) is 51.6 Å². The maximum atomic E-state index is 3.25. The second-order valence-electron chi connectivity index (χ2n) is 4.43. The van der Waals surface area contributed by atoms with Crippen molar-refractivity contribution in [2.45, 2.75) is 51.5 Å². The third kappa shape index (κ3) is 3.97. The molecule has 0 amide bonds. The highest BCUT2D eigenvalue weighted by atomic mass is 15.2. The summed E-state index contributed by atoms with van der Waals surface area (Å²) in [6.07, 6.45) is 8.52. The molecule has 0 radical (unpaired) electrons. The average Bonchev–Trinajstić information content (AvgIpc) is 2.25. The summed E-state index contributed by atoms with van der Waals surface area (Å²) >= 11 is 0. The van der Waals surface area contributed by atoms with Crippen molar-refractivity contribution >= 4 is 0 Å². The fourth-order valence-corrected chi connectivity index (χ4v) is 2.47. The summed E-state index contributed by atoms with van der Waals surface area (Å²) in [5, 5.41) is 3.25. The summed E-state index contributed by atoms with van der Waals surface area (Å²) in [6, 6.07) is 0.886. The Morgan fingerprint density at radius 3 is 2.43 bits per heavy atom. The van der Waals surface area contributed by atoms with Crippen LogP contribution in [0.4, 0.5) is 0 Å². The van der Waals surface area contributed by atoms with E-state index in [4.69, 9.17) is 0 Å². The Labute approximate surface area is 89.1 Å². The van der Waals surface area contributed by atoms with E-state index in [1.54, 1.807) is 0 Å². The second kappa shape index (κ2) is 7.24. The highest BCUT2D eigenvalue weighted by Crippen LogP contribution is 2.22. The molecule has 14 heavy (non-hydrogen) atoms. The summed E-state index contributed by atoms with van der Waals surface area (Å²) in [4.78, 5) is 2.69. The van der Waals surface area contributed by atoms with Crippen LogP contribution in [0.25, 0.3) is 0 Å². The van der Waals surface area contributed by atoms with Crippen molar-refractivity contribution in [3.8, 4) is 0 Å². The number of rotatable bonds is 6. The van der Waals surface area contributed by atoms with E-state index in [-0.39, 0.29) is 0 Å². The van der Waals surface area contributed by atoms with Crippen LogP contribution >= 0.6 is 0 Å². The smallest absolute Gasteiger partial charge is 0.0110 e. The predicted octanol–water partition coefficient (Wildman–Crippen LogP) is 2.25. The lowest BCUT2D eigenvalue weighted by Crippen LogP contribution is -2.40. The third-order valence-electron chi connectivity index (χ3n) is 3.25. The molecule has 1 saturated carbocycles. The zero-order chi connectivity index (χ0) is 10.2. The Hall–Kier alpha value is -0.0800. The van der Waals surface area contributed by atoms with Gasteiger partial charge in [0.05, 0.1) is 0 Å². The van der Waals surface area contributed by atoms with Gasteiger partial charge in [-0.3, -0.25) is 4.90 Å². The largest absolute Gasteiger partial charge is 0.318 e. The van der Waals surface area contributed by atoms with Crippen molar-refractivity contribution < 1.29 is 0 Å². The molecule has 2 heteroatoms. The minimum Gasteiger partial charge on any atom is -0.318 e. The van der Waals surface area contributed by atoms with Gasteiger partial charge >= 0.3 is 0 Å². The molecule has 0 atom stereocenters. The summed E-state index contributed by atoms with van der Waals surface area (Å²) in [6.45, 7) is 5.94. The van der Waals surface area contributed by atoms with Crippen LogP contribution in [0.1, 0.15) is 45.4 Å². The second-order valence-corrected chi connectivity index (χ2v) is 4.43. The fourth-order valence-electron chi connectivity index (χ4n) is 2.47. The fraction of sp³-hybridized carbons (Fsp3) is 1.00. The molecule has 84 valence electrons. The van der Waals surface area contributed by atoms with Gasteiger partial charge < -0.3 is 5.32 Å². The molecule has 0 aromatic carbocycles. The zero-order valence-corrected chi connectivity index (χ0v) is 9.89. The molecule has 0 aliphatic heterocycles. The molecule has 0 aromatic rings. The standard InChI is InChI=1S/C12H26N2/c1-3-10-14(11-9-13-2)12-7-5-4-6-8-12/h12-13H,3-11H2,1-2H3. The minimum absolute atomic E-state index is 0.886. The lowest BCUT2D eigenvalue weighted by molar-refractivity contribution is 0.157. The van der Waals surface area contributed by atoms with Crippen molar-refractivity contribution in [3.05, 3.63) is 0 Å². The first kappa shape index (κ1) is 12.0. The van der Waals surface area contributed by atoms with Gasteiger partial charge in [-0.1, -0.05) is 26.2 Å². The normalized spacial score (nSPS) is 19.1. The Morgan fingerprint density at radius 2 is 1.86 bits per heavy atom. The summed E-state index contributed by atoms with van der Waals surface area (Å²) in [5.41, 5.74) is 0. The summed E-state index contributed by atoms with van der Waals surface area (Å²) in [7, 11) is 2.05. The van der Waals surface area contributed by atoms with Crippen LogP contribution < -0.4 is 5.32 Å². The molecule has 0 spiro atoms. The molecular formula is C12H26N2.